The van der Waals surface area contributed by atoms with Crippen molar-refractivity contribution >= 4 is 5.91 Å². The molecule has 0 aliphatic heterocycles. The summed E-state index contributed by atoms with van der Waals surface area (Å²) in [7, 11) is 3.55. The Kier molecular flexibility index (Phi) is 4.98. The van der Waals surface area contributed by atoms with Gasteiger partial charge in [-0.05, 0) is 6.92 Å². The van der Waals surface area contributed by atoms with E-state index in [1.165, 1.54) is 0 Å². The summed E-state index contributed by atoms with van der Waals surface area (Å²) >= 11 is 0. The molecule has 1 aromatic rings. The van der Waals surface area contributed by atoms with E-state index in [-0.39, 0.29) is 5.91 Å². The lowest BCUT2D eigenvalue weighted by atomic mass is 10.3. The zero-order valence-electron chi connectivity index (χ0n) is 10.2. The maximum atomic E-state index is 11.3. The number of carbonyl (C=O) groups is 1. The van der Waals surface area contributed by atoms with Crippen LogP contribution in [0.25, 0.3) is 0 Å². The van der Waals surface area contributed by atoms with Gasteiger partial charge in [-0.25, -0.2) is 4.98 Å². The van der Waals surface area contributed by atoms with Crippen molar-refractivity contribution in [1.29, 1.82) is 0 Å². The van der Waals surface area contributed by atoms with E-state index in [0.29, 0.717) is 19.0 Å². The molecule has 0 fully saturated rings. The maximum Gasteiger partial charge on any atom is 0.223 e. The number of carbonyl (C=O) groups excluding carboxylic acids is 1. The summed E-state index contributed by atoms with van der Waals surface area (Å²) in [5.41, 5.74) is 0. The van der Waals surface area contributed by atoms with Crippen LogP contribution >= 0.6 is 0 Å². The van der Waals surface area contributed by atoms with Crippen LogP contribution in [0.2, 0.25) is 0 Å². The van der Waals surface area contributed by atoms with Crippen LogP contribution in [-0.4, -0.2) is 47.0 Å². The molecule has 1 heterocycles. The van der Waals surface area contributed by atoms with Crippen LogP contribution in [0.4, 0.5) is 0 Å². The topological polar surface area (TPSA) is 50.2 Å². The first-order valence-electron chi connectivity index (χ1n) is 5.49. The molecule has 0 bridgehead atoms. The molecule has 0 aliphatic carbocycles. The lowest BCUT2D eigenvalue weighted by molar-refractivity contribution is -0.128. The smallest absolute Gasteiger partial charge is 0.223 e. The van der Waals surface area contributed by atoms with Gasteiger partial charge in [-0.1, -0.05) is 0 Å². The first-order valence-corrected chi connectivity index (χ1v) is 5.49. The molecule has 0 radical (unpaired) electrons. The number of hydrogen-bond donors (Lipinski definition) is 1. The normalized spacial score (nSPS) is 12.4. The van der Waals surface area contributed by atoms with Crippen LogP contribution in [0.5, 0.6) is 0 Å². The quantitative estimate of drug-likeness (QED) is 0.758. The van der Waals surface area contributed by atoms with E-state index in [4.69, 9.17) is 0 Å². The Labute approximate surface area is 96.5 Å². The Morgan fingerprint density at radius 1 is 1.56 bits per heavy atom. The Hall–Kier alpha value is -1.36. The van der Waals surface area contributed by atoms with Crippen LogP contribution in [0, 0.1) is 0 Å². The molecule has 0 aromatic carbocycles. The van der Waals surface area contributed by atoms with Crippen molar-refractivity contribution in [2.75, 3.05) is 20.6 Å². The summed E-state index contributed by atoms with van der Waals surface area (Å²) in [6.45, 7) is 3.68. The molecule has 16 heavy (non-hydrogen) atoms. The van der Waals surface area contributed by atoms with Crippen molar-refractivity contribution < 1.29 is 4.79 Å². The Morgan fingerprint density at radius 2 is 2.31 bits per heavy atom. The van der Waals surface area contributed by atoms with E-state index in [1.54, 1.807) is 31.5 Å². The van der Waals surface area contributed by atoms with Gasteiger partial charge in [0.15, 0.2) is 0 Å². The van der Waals surface area contributed by atoms with Gasteiger partial charge in [-0.3, -0.25) is 4.79 Å². The predicted octanol–water partition coefficient (Wildman–Crippen LogP) is 0.339. The second kappa shape index (κ2) is 6.27. The summed E-state index contributed by atoms with van der Waals surface area (Å²) in [5.74, 6) is 0.155. The van der Waals surface area contributed by atoms with E-state index in [1.807, 2.05) is 10.8 Å². The van der Waals surface area contributed by atoms with Crippen molar-refractivity contribution in [3.63, 3.8) is 0 Å². The minimum Gasteiger partial charge on any atom is -0.349 e. The first kappa shape index (κ1) is 12.7. The summed E-state index contributed by atoms with van der Waals surface area (Å²) in [6, 6.07) is 0.337. The fourth-order valence-corrected chi connectivity index (χ4v) is 1.42. The van der Waals surface area contributed by atoms with Gasteiger partial charge >= 0.3 is 0 Å². The van der Waals surface area contributed by atoms with Gasteiger partial charge in [0.1, 0.15) is 0 Å². The molecule has 1 unspecified atom stereocenters. The monoisotopic (exact) mass is 224 g/mol. The lowest BCUT2D eigenvalue weighted by Crippen LogP contribution is -2.33. The molecule has 0 spiro atoms. The molecular formula is C11H20N4O. The van der Waals surface area contributed by atoms with Crippen LogP contribution in [0.15, 0.2) is 18.7 Å². The van der Waals surface area contributed by atoms with Crippen molar-refractivity contribution in [3.05, 3.63) is 18.7 Å². The van der Waals surface area contributed by atoms with Gasteiger partial charge in [-0.15, -0.1) is 0 Å². The zero-order valence-corrected chi connectivity index (χ0v) is 10.2. The highest BCUT2D eigenvalue weighted by molar-refractivity contribution is 5.75. The highest BCUT2D eigenvalue weighted by atomic mass is 16.2. The first-order chi connectivity index (χ1) is 7.59. The summed E-state index contributed by atoms with van der Waals surface area (Å²) in [5, 5.41) is 3.31. The van der Waals surface area contributed by atoms with Gasteiger partial charge < -0.3 is 14.8 Å². The van der Waals surface area contributed by atoms with Crippen LogP contribution in [0.3, 0.4) is 0 Å². The van der Waals surface area contributed by atoms with Gasteiger partial charge in [-0.2, -0.15) is 0 Å². The van der Waals surface area contributed by atoms with Crippen LogP contribution in [0.1, 0.15) is 13.3 Å². The number of aromatic nitrogens is 2. The van der Waals surface area contributed by atoms with Gasteiger partial charge in [0.2, 0.25) is 5.91 Å². The second-order valence-electron chi connectivity index (χ2n) is 4.15. The molecule has 0 aliphatic rings. The number of rotatable bonds is 6. The van der Waals surface area contributed by atoms with Crippen LogP contribution < -0.4 is 5.32 Å². The third-order valence-electron chi connectivity index (χ3n) is 2.37. The third kappa shape index (κ3) is 4.44. The molecule has 5 heteroatoms. The Bertz CT molecular complexity index is 308. The number of imidazole rings is 1. The van der Waals surface area contributed by atoms with Crippen molar-refractivity contribution in [1.82, 2.24) is 19.8 Å². The molecular weight excluding hydrogens is 204 g/mol. The Morgan fingerprint density at radius 3 is 2.88 bits per heavy atom. The van der Waals surface area contributed by atoms with Gasteiger partial charge in [0.25, 0.3) is 0 Å². The summed E-state index contributed by atoms with van der Waals surface area (Å²) < 4.78 is 2.02. The highest BCUT2D eigenvalue weighted by Gasteiger charge is 2.05. The van der Waals surface area contributed by atoms with Crippen molar-refractivity contribution in [3.8, 4) is 0 Å². The molecule has 0 saturated carbocycles. The number of nitrogens with zero attached hydrogens (tertiary/aromatic N) is 3. The molecule has 1 rings (SSSR count). The zero-order chi connectivity index (χ0) is 12.0. The fraction of sp³-hybridized carbons (Fsp3) is 0.636. The van der Waals surface area contributed by atoms with E-state index < -0.39 is 0 Å². The fourth-order valence-electron chi connectivity index (χ4n) is 1.42. The predicted molar refractivity (Wildman–Crippen MR) is 63.0 cm³/mol. The van der Waals surface area contributed by atoms with E-state index in [0.717, 1.165) is 6.54 Å². The van der Waals surface area contributed by atoms with Crippen LogP contribution in [-0.2, 0) is 11.3 Å². The largest absolute Gasteiger partial charge is 0.349 e. The second-order valence-corrected chi connectivity index (χ2v) is 4.15. The minimum atomic E-state index is 0.155. The van der Waals surface area contributed by atoms with E-state index in [2.05, 4.69) is 17.2 Å². The molecule has 1 atom stereocenters. The minimum absolute atomic E-state index is 0.155. The average Bonchev–Trinajstić information content (AvgIpc) is 2.70. The molecule has 1 amide bonds. The number of amides is 1. The standard InChI is InChI=1S/C11H20N4O/c1-10(8-15-7-6-12-9-15)13-5-4-11(16)14(2)3/h6-7,9-10,13H,4-5,8H2,1-3H3. The molecule has 0 saturated heterocycles. The SMILES string of the molecule is CC(Cn1ccnc1)NCCC(=O)N(C)C. The van der Waals surface area contributed by atoms with E-state index >= 15 is 0 Å². The average molecular weight is 224 g/mol. The summed E-state index contributed by atoms with van der Waals surface area (Å²) in [6.07, 6.45) is 6.04. The van der Waals surface area contributed by atoms with Crippen molar-refractivity contribution in [2.24, 2.45) is 0 Å². The molecule has 1 N–H and O–H groups in total. The Balaban J connectivity index is 2.16. The summed E-state index contributed by atoms with van der Waals surface area (Å²) in [4.78, 5) is 16.9. The lowest BCUT2D eigenvalue weighted by Gasteiger charge is -2.15. The molecule has 1 aromatic heterocycles. The highest BCUT2D eigenvalue weighted by Crippen LogP contribution is 1.92. The van der Waals surface area contributed by atoms with Crippen molar-refractivity contribution in [2.45, 2.75) is 25.9 Å². The van der Waals surface area contributed by atoms with Gasteiger partial charge in [0, 0.05) is 52.0 Å². The third-order valence-corrected chi connectivity index (χ3v) is 2.37. The maximum absolute atomic E-state index is 11.3. The van der Waals surface area contributed by atoms with Gasteiger partial charge in [0.05, 0.1) is 6.33 Å². The van der Waals surface area contributed by atoms with E-state index in [9.17, 15) is 4.79 Å². The molecule has 5 nitrogen and oxygen atoms in total. The number of nitrogens with one attached hydrogen (secondary N) is 1. The number of hydrogen-bond acceptors (Lipinski definition) is 3. The molecule has 90 valence electrons.